The first-order valence-corrected chi connectivity index (χ1v) is 8.54. The zero-order valence-electron chi connectivity index (χ0n) is 14.7. The number of esters is 1. The Labute approximate surface area is 152 Å². The maximum Gasteiger partial charge on any atom is 0.306 e. The highest BCUT2D eigenvalue weighted by Gasteiger charge is 2.09. The Balaban J connectivity index is 2.15. The molecule has 6 nitrogen and oxygen atoms in total. The van der Waals surface area contributed by atoms with Gasteiger partial charge in [-0.05, 0) is 52.7 Å². The smallest absolute Gasteiger partial charge is 0.306 e. The van der Waals surface area contributed by atoms with Gasteiger partial charge in [0.1, 0.15) is 0 Å². The van der Waals surface area contributed by atoms with Crippen LogP contribution in [0.3, 0.4) is 0 Å². The SMILES string of the molecule is CCOC(=O)CCc1ccccc1-c1cccc(CCC(=O)N=[N+]=[N-])c1. The first kappa shape index (κ1) is 19.2. The van der Waals surface area contributed by atoms with Crippen molar-refractivity contribution in [3.63, 3.8) is 0 Å². The molecule has 2 aromatic carbocycles. The molecule has 0 aromatic heterocycles. The van der Waals surface area contributed by atoms with Crippen LogP contribution in [0.2, 0.25) is 0 Å². The second-order valence-corrected chi connectivity index (χ2v) is 5.75. The van der Waals surface area contributed by atoms with Crippen LogP contribution in [0.25, 0.3) is 21.6 Å². The summed E-state index contributed by atoms with van der Waals surface area (Å²) < 4.78 is 5.00. The molecule has 134 valence electrons. The van der Waals surface area contributed by atoms with Gasteiger partial charge in [-0.2, -0.15) is 0 Å². The van der Waals surface area contributed by atoms with Gasteiger partial charge >= 0.3 is 5.97 Å². The number of carbonyl (C=O) groups excluding carboxylic acids is 2. The summed E-state index contributed by atoms with van der Waals surface area (Å²) in [5.74, 6) is -0.666. The Kier molecular flexibility index (Phi) is 7.40. The van der Waals surface area contributed by atoms with E-state index in [-0.39, 0.29) is 12.4 Å². The number of hydrogen-bond acceptors (Lipinski definition) is 3. The fraction of sp³-hybridized carbons (Fsp3) is 0.300. The minimum atomic E-state index is -0.465. The topological polar surface area (TPSA) is 92.1 Å². The average Bonchev–Trinajstić information content (AvgIpc) is 2.66. The molecule has 0 bridgehead atoms. The van der Waals surface area contributed by atoms with E-state index in [4.69, 9.17) is 10.3 Å². The molecule has 0 fully saturated rings. The zero-order valence-corrected chi connectivity index (χ0v) is 14.7. The monoisotopic (exact) mass is 351 g/mol. The third-order valence-electron chi connectivity index (χ3n) is 3.94. The molecule has 0 aliphatic carbocycles. The quantitative estimate of drug-likeness (QED) is 0.301. The maximum atomic E-state index is 11.6. The van der Waals surface area contributed by atoms with Crippen LogP contribution in [0.1, 0.15) is 30.9 Å². The van der Waals surface area contributed by atoms with Gasteiger partial charge < -0.3 is 4.74 Å². The van der Waals surface area contributed by atoms with Crippen molar-refractivity contribution in [2.24, 2.45) is 5.11 Å². The highest BCUT2D eigenvalue weighted by molar-refractivity contribution is 5.77. The van der Waals surface area contributed by atoms with Crippen molar-refractivity contribution in [1.82, 2.24) is 0 Å². The number of benzene rings is 2. The largest absolute Gasteiger partial charge is 0.466 e. The van der Waals surface area contributed by atoms with Crippen LogP contribution in [0.15, 0.2) is 53.6 Å². The van der Waals surface area contributed by atoms with Crippen LogP contribution in [0, 0.1) is 0 Å². The molecule has 6 heteroatoms. The molecule has 1 amide bonds. The van der Waals surface area contributed by atoms with Gasteiger partial charge in [-0.25, -0.2) is 0 Å². The van der Waals surface area contributed by atoms with E-state index in [1.165, 1.54) is 0 Å². The molecule has 0 aliphatic rings. The van der Waals surface area contributed by atoms with E-state index in [0.29, 0.717) is 25.9 Å². The molecule has 0 radical (unpaired) electrons. The van der Waals surface area contributed by atoms with Crippen LogP contribution < -0.4 is 0 Å². The predicted molar refractivity (Wildman–Crippen MR) is 99.3 cm³/mol. The van der Waals surface area contributed by atoms with Crippen molar-refractivity contribution in [3.05, 3.63) is 70.1 Å². The fourth-order valence-electron chi connectivity index (χ4n) is 2.74. The summed E-state index contributed by atoms with van der Waals surface area (Å²) >= 11 is 0. The molecular weight excluding hydrogens is 330 g/mol. The van der Waals surface area contributed by atoms with Crippen molar-refractivity contribution in [3.8, 4) is 11.1 Å². The van der Waals surface area contributed by atoms with Crippen LogP contribution in [-0.4, -0.2) is 18.5 Å². The highest BCUT2D eigenvalue weighted by atomic mass is 16.5. The number of hydrogen-bond donors (Lipinski definition) is 0. The summed E-state index contributed by atoms with van der Waals surface area (Å²) in [6.45, 7) is 2.18. The third kappa shape index (κ3) is 5.76. The second-order valence-electron chi connectivity index (χ2n) is 5.75. The maximum absolute atomic E-state index is 11.6. The number of nitrogens with zero attached hydrogens (tertiary/aromatic N) is 3. The average molecular weight is 351 g/mol. The molecule has 0 spiro atoms. The van der Waals surface area contributed by atoms with Crippen molar-refractivity contribution in [2.45, 2.75) is 32.6 Å². The van der Waals surface area contributed by atoms with Gasteiger partial charge in [-0.15, -0.1) is 0 Å². The van der Waals surface area contributed by atoms with Crippen molar-refractivity contribution < 1.29 is 14.3 Å². The van der Waals surface area contributed by atoms with E-state index in [1.807, 2.05) is 48.5 Å². The van der Waals surface area contributed by atoms with Crippen molar-refractivity contribution in [1.29, 1.82) is 0 Å². The van der Waals surface area contributed by atoms with Gasteiger partial charge in [-0.3, -0.25) is 9.59 Å². The predicted octanol–water partition coefficient (Wildman–Crippen LogP) is 4.62. The molecule has 26 heavy (non-hydrogen) atoms. The number of amides is 1. The molecular formula is C20H21N3O3. The zero-order chi connectivity index (χ0) is 18.8. The van der Waals surface area contributed by atoms with Crippen LogP contribution in [0.5, 0.6) is 0 Å². The first-order chi connectivity index (χ1) is 12.6. The number of ether oxygens (including phenoxy) is 1. The van der Waals surface area contributed by atoms with Gasteiger partial charge in [-0.1, -0.05) is 48.5 Å². The van der Waals surface area contributed by atoms with E-state index < -0.39 is 5.91 Å². The molecule has 0 N–H and O–H groups in total. The van der Waals surface area contributed by atoms with Crippen LogP contribution >= 0.6 is 0 Å². The Morgan fingerprint density at radius 3 is 2.65 bits per heavy atom. The molecule has 0 saturated carbocycles. The minimum Gasteiger partial charge on any atom is -0.466 e. The minimum absolute atomic E-state index is 0.179. The second kappa shape index (κ2) is 10.0. The van der Waals surface area contributed by atoms with Gasteiger partial charge in [0, 0.05) is 17.8 Å². The van der Waals surface area contributed by atoms with Crippen molar-refractivity contribution in [2.75, 3.05) is 6.61 Å². The Hall–Kier alpha value is -3.11. The van der Waals surface area contributed by atoms with Crippen LogP contribution in [0.4, 0.5) is 0 Å². The first-order valence-electron chi connectivity index (χ1n) is 8.54. The normalized spacial score (nSPS) is 10.0. The van der Waals surface area contributed by atoms with Gasteiger partial charge in [0.25, 0.3) is 0 Å². The fourth-order valence-corrected chi connectivity index (χ4v) is 2.74. The molecule has 0 aliphatic heterocycles. The molecule has 0 heterocycles. The Morgan fingerprint density at radius 2 is 1.88 bits per heavy atom. The van der Waals surface area contributed by atoms with Gasteiger partial charge in [0.2, 0.25) is 5.91 Å². The van der Waals surface area contributed by atoms with E-state index in [2.05, 4.69) is 10.0 Å². The Morgan fingerprint density at radius 1 is 1.08 bits per heavy atom. The summed E-state index contributed by atoms with van der Waals surface area (Å²) in [6, 6.07) is 15.8. The lowest BCUT2D eigenvalue weighted by atomic mass is 9.95. The molecule has 0 unspecified atom stereocenters. The molecule has 0 atom stereocenters. The summed E-state index contributed by atoms with van der Waals surface area (Å²) in [7, 11) is 0. The van der Waals surface area contributed by atoms with Gasteiger partial charge in [0.15, 0.2) is 0 Å². The Bertz CT molecular complexity index is 827. The van der Waals surface area contributed by atoms with E-state index in [1.54, 1.807) is 6.92 Å². The highest BCUT2D eigenvalue weighted by Crippen LogP contribution is 2.26. The summed E-state index contributed by atoms with van der Waals surface area (Å²) in [6.07, 6.45) is 1.63. The van der Waals surface area contributed by atoms with E-state index >= 15 is 0 Å². The molecule has 2 aromatic rings. The van der Waals surface area contributed by atoms with E-state index in [9.17, 15) is 9.59 Å². The number of aryl methyl sites for hydroxylation is 2. The lowest BCUT2D eigenvalue weighted by Gasteiger charge is -2.11. The number of rotatable bonds is 8. The van der Waals surface area contributed by atoms with Crippen molar-refractivity contribution >= 4 is 11.9 Å². The summed E-state index contributed by atoms with van der Waals surface area (Å²) in [5.41, 5.74) is 12.4. The lowest BCUT2D eigenvalue weighted by molar-refractivity contribution is -0.143. The summed E-state index contributed by atoms with van der Waals surface area (Å²) in [5, 5.41) is 3.09. The summed E-state index contributed by atoms with van der Waals surface area (Å²) in [4.78, 5) is 25.5. The lowest BCUT2D eigenvalue weighted by Crippen LogP contribution is -2.05. The van der Waals surface area contributed by atoms with Crippen LogP contribution in [-0.2, 0) is 27.2 Å². The standard InChI is InChI=1S/C20H21N3O3/c1-2-26-20(25)13-11-16-7-3-4-9-18(16)17-8-5-6-15(14-17)10-12-19(24)22-23-21/h3-9,14H,2,10-13H2,1H3. The van der Waals surface area contributed by atoms with E-state index in [0.717, 1.165) is 22.3 Å². The number of carbonyl (C=O) groups is 2. The number of azide groups is 1. The third-order valence-corrected chi connectivity index (χ3v) is 3.94. The van der Waals surface area contributed by atoms with Gasteiger partial charge in [0.05, 0.1) is 6.61 Å². The molecule has 2 rings (SSSR count). The molecule has 0 saturated heterocycles.